The van der Waals surface area contributed by atoms with Gasteiger partial charge < -0.3 is 0 Å². The topological polar surface area (TPSA) is 0 Å². The van der Waals surface area contributed by atoms with Gasteiger partial charge in [0.1, 0.15) is 0 Å². The number of benzene rings is 2. The van der Waals surface area contributed by atoms with Crippen molar-refractivity contribution in [3.63, 3.8) is 0 Å². The Balaban J connectivity index is 1.66. The molecule has 0 aliphatic heterocycles. The van der Waals surface area contributed by atoms with E-state index in [1.165, 1.54) is 17.2 Å². The van der Waals surface area contributed by atoms with Crippen LogP contribution in [-0.4, -0.2) is 0 Å². The van der Waals surface area contributed by atoms with Crippen LogP contribution in [0.1, 0.15) is 40.7 Å². The number of halogens is 3. The zero-order valence-electron chi connectivity index (χ0n) is 13.9. The Labute approximate surface area is 146 Å². The molecular formula is C22H19F3. The number of rotatable bonds is 5. The predicted molar refractivity (Wildman–Crippen MR) is 97.9 cm³/mol. The maximum absolute atomic E-state index is 12.8. The monoisotopic (exact) mass is 340 g/mol. The van der Waals surface area contributed by atoms with Crippen LogP contribution in [0.2, 0.25) is 0 Å². The minimum Gasteiger partial charge on any atom is -0.166 e. The molecule has 128 valence electrons. The van der Waals surface area contributed by atoms with E-state index in [1.54, 1.807) is 6.07 Å². The molecule has 0 saturated carbocycles. The van der Waals surface area contributed by atoms with Crippen molar-refractivity contribution >= 4 is 17.2 Å². The average Bonchev–Trinajstić information content (AvgIpc) is 3.06. The summed E-state index contributed by atoms with van der Waals surface area (Å²) in [5.41, 5.74) is 5.14. The summed E-state index contributed by atoms with van der Waals surface area (Å²) in [5, 5.41) is 0. The quantitative estimate of drug-likeness (QED) is 0.562. The summed E-state index contributed by atoms with van der Waals surface area (Å²) in [7, 11) is 0. The van der Waals surface area contributed by atoms with Gasteiger partial charge in [-0.1, -0.05) is 49.6 Å². The van der Waals surface area contributed by atoms with E-state index in [0.29, 0.717) is 24.0 Å². The largest absolute Gasteiger partial charge is 0.416 e. The van der Waals surface area contributed by atoms with Crippen LogP contribution >= 0.6 is 0 Å². The first-order valence-electron chi connectivity index (χ1n) is 8.17. The van der Waals surface area contributed by atoms with Gasteiger partial charge in [-0.2, -0.15) is 13.2 Å². The molecule has 3 heteroatoms. The molecular weight excluding hydrogens is 321 g/mol. The Kier molecular flexibility index (Phi) is 4.67. The third kappa shape index (κ3) is 3.93. The van der Waals surface area contributed by atoms with Crippen LogP contribution < -0.4 is 0 Å². The van der Waals surface area contributed by atoms with E-state index in [4.69, 9.17) is 0 Å². The molecule has 1 aliphatic carbocycles. The molecule has 0 unspecified atom stereocenters. The van der Waals surface area contributed by atoms with Crippen molar-refractivity contribution < 1.29 is 13.2 Å². The molecule has 0 nitrogen and oxygen atoms in total. The molecule has 0 fully saturated rings. The highest BCUT2D eigenvalue weighted by Gasteiger charge is 2.30. The molecule has 0 amide bonds. The highest BCUT2D eigenvalue weighted by molar-refractivity contribution is 5.72. The fourth-order valence-electron chi connectivity index (χ4n) is 2.97. The zero-order chi connectivity index (χ0) is 18.0. The molecule has 0 saturated heterocycles. The van der Waals surface area contributed by atoms with Gasteiger partial charge in [0.2, 0.25) is 0 Å². The van der Waals surface area contributed by atoms with Crippen LogP contribution in [0.4, 0.5) is 13.2 Å². The van der Waals surface area contributed by atoms with Crippen molar-refractivity contribution in [1.82, 2.24) is 0 Å². The number of allylic oxidation sites excluding steroid dienone is 3. The van der Waals surface area contributed by atoms with Crippen molar-refractivity contribution in [3.05, 3.63) is 89.5 Å². The first-order chi connectivity index (χ1) is 11.8. The smallest absolute Gasteiger partial charge is 0.166 e. The van der Waals surface area contributed by atoms with E-state index in [2.05, 4.69) is 43.5 Å². The predicted octanol–water partition coefficient (Wildman–Crippen LogP) is 6.78. The number of hydrogen-bond donors (Lipinski definition) is 0. The Morgan fingerprint density at radius 1 is 0.920 bits per heavy atom. The van der Waals surface area contributed by atoms with Gasteiger partial charge in [0, 0.05) is 0 Å². The van der Waals surface area contributed by atoms with Gasteiger partial charge in [-0.15, -0.1) is 0 Å². The van der Waals surface area contributed by atoms with Gasteiger partial charge in [0.15, 0.2) is 0 Å². The molecule has 2 aromatic rings. The highest BCUT2D eigenvalue weighted by atomic mass is 19.4. The minimum atomic E-state index is -4.34. The zero-order valence-corrected chi connectivity index (χ0v) is 13.9. The van der Waals surface area contributed by atoms with Gasteiger partial charge in [-0.25, -0.2) is 0 Å². The van der Waals surface area contributed by atoms with E-state index in [1.807, 2.05) is 0 Å². The molecule has 0 radical (unpaired) electrons. The molecule has 25 heavy (non-hydrogen) atoms. The van der Waals surface area contributed by atoms with Crippen LogP contribution in [0.25, 0.3) is 17.2 Å². The Morgan fingerprint density at radius 3 is 2.28 bits per heavy atom. The van der Waals surface area contributed by atoms with Crippen LogP contribution in [0.5, 0.6) is 0 Å². The SMILES string of the molecule is C=C(CCC(=C)c1ccc2c(c1)C=CC2)c1cccc(C(F)(F)F)c1. The van der Waals surface area contributed by atoms with Crippen LogP contribution in [0, 0.1) is 0 Å². The fourth-order valence-corrected chi connectivity index (χ4v) is 2.97. The average molecular weight is 340 g/mol. The van der Waals surface area contributed by atoms with E-state index in [9.17, 15) is 13.2 Å². The summed E-state index contributed by atoms with van der Waals surface area (Å²) < 4.78 is 38.5. The number of hydrogen-bond acceptors (Lipinski definition) is 0. The molecule has 0 N–H and O–H groups in total. The molecule has 0 aromatic heterocycles. The van der Waals surface area contributed by atoms with E-state index < -0.39 is 11.7 Å². The second-order valence-electron chi connectivity index (χ2n) is 6.31. The van der Waals surface area contributed by atoms with Gasteiger partial charge in [-0.05, 0) is 70.9 Å². The molecule has 0 spiro atoms. The molecule has 0 bridgehead atoms. The van der Waals surface area contributed by atoms with Gasteiger partial charge in [0.05, 0.1) is 5.56 Å². The first kappa shape index (κ1) is 17.3. The lowest BCUT2D eigenvalue weighted by molar-refractivity contribution is -0.137. The van der Waals surface area contributed by atoms with Gasteiger partial charge >= 0.3 is 6.18 Å². The van der Waals surface area contributed by atoms with Crippen molar-refractivity contribution in [1.29, 1.82) is 0 Å². The second-order valence-corrected chi connectivity index (χ2v) is 6.31. The highest BCUT2D eigenvalue weighted by Crippen LogP contribution is 2.32. The summed E-state index contributed by atoms with van der Waals surface area (Å²) >= 11 is 0. The van der Waals surface area contributed by atoms with Crippen molar-refractivity contribution in [2.75, 3.05) is 0 Å². The van der Waals surface area contributed by atoms with Gasteiger partial charge in [-0.3, -0.25) is 0 Å². The standard InChI is InChI=1S/C22H19F3/c1-15(18-6-4-8-21(14-18)22(23,24)25)9-10-16(2)19-12-11-17-5-3-7-20(17)13-19/h3-4,6-8,11-14H,1-2,5,9-10H2. The van der Waals surface area contributed by atoms with Crippen molar-refractivity contribution in [2.24, 2.45) is 0 Å². The lowest BCUT2D eigenvalue weighted by atomic mass is 9.94. The van der Waals surface area contributed by atoms with Crippen molar-refractivity contribution in [2.45, 2.75) is 25.4 Å². The molecule has 3 rings (SSSR count). The maximum Gasteiger partial charge on any atom is 0.416 e. The summed E-state index contributed by atoms with van der Waals surface area (Å²) in [6, 6.07) is 11.6. The van der Waals surface area contributed by atoms with Crippen molar-refractivity contribution in [3.8, 4) is 0 Å². The van der Waals surface area contributed by atoms with E-state index in [0.717, 1.165) is 29.7 Å². The Bertz CT molecular complexity index is 854. The lowest BCUT2D eigenvalue weighted by Gasteiger charge is -2.12. The second kappa shape index (κ2) is 6.75. The fraction of sp³-hybridized carbons (Fsp3) is 0.182. The summed E-state index contributed by atoms with van der Waals surface area (Å²) in [6.45, 7) is 8.08. The summed E-state index contributed by atoms with van der Waals surface area (Å²) in [6.07, 6.45) is 2.11. The minimum absolute atomic E-state index is 0.527. The normalized spacial score (nSPS) is 12.9. The molecule has 2 aromatic carbocycles. The maximum atomic E-state index is 12.8. The lowest BCUT2D eigenvalue weighted by Crippen LogP contribution is -2.05. The number of alkyl halides is 3. The number of fused-ring (bicyclic) bond motifs is 1. The van der Waals surface area contributed by atoms with E-state index in [-0.39, 0.29) is 0 Å². The first-order valence-corrected chi connectivity index (χ1v) is 8.17. The van der Waals surface area contributed by atoms with Crippen LogP contribution in [0.3, 0.4) is 0 Å². The summed E-state index contributed by atoms with van der Waals surface area (Å²) in [5.74, 6) is 0. The van der Waals surface area contributed by atoms with Crippen LogP contribution in [0.15, 0.2) is 61.7 Å². The Hall–Kier alpha value is -2.55. The molecule has 0 atom stereocenters. The third-order valence-electron chi connectivity index (χ3n) is 4.52. The van der Waals surface area contributed by atoms with E-state index >= 15 is 0 Å². The van der Waals surface area contributed by atoms with Gasteiger partial charge in [0.25, 0.3) is 0 Å². The Morgan fingerprint density at radius 2 is 1.60 bits per heavy atom. The molecule has 1 aliphatic rings. The molecule has 0 heterocycles. The third-order valence-corrected chi connectivity index (χ3v) is 4.52. The summed E-state index contributed by atoms with van der Waals surface area (Å²) in [4.78, 5) is 0. The van der Waals surface area contributed by atoms with Crippen LogP contribution in [-0.2, 0) is 12.6 Å².